The maximum absolute atomic E-state index is 11.4. The zero-order chi connectivity index (χ0) is 13.9. The molecule has 1 aromatic rings. The van der Waals surface area contributed by atoms with Crippen LogP contribution in [0.1, 0.15) is 25.0 Å². The highest BCUT2D eigenvalue weighted by atomic mass is 16.1. The monoisotopic (exact) mass is 276 g/mol. The average Bonchev–Trinajstić information content (AvgIpc) is 2.48. The average molecular weight is 276 g/mol. The van der Waals surface area contributed by atoms with Gasteiger partial charge in [0, 0.05) is 32.1 Å². The number of carbonyl (C=O) groups excluding carboxylic acids is 1. The van der Waals surface area contributed by atoms with E-state index in [9.17, 15) is 4.79 Å². The van der Waals surface area contributed by atoms with E-state index in [1.807, 2.05) is 0 Å². The molecule has 7 nitrogen and oxygen atoms in total. The molecule has 3 rings (SSSR count). The van der Waals surface area contributed by atoms with Crippen LogP contribution >= 0.6 is 0 Å². The third-order valence-corrected chi connectivity index (χ3v) is 4.15. The van der Waals surface area contributed by atoms with Crippen LogP contribution in [-0.4, -0.2) is 39.9 Å². The van der Waals surface area contributed by atoms with E-state index >= 15 is 0 Å². The Bertz CT molecular complexity index is 476. The van der Waals surface area contributed by atoms with Crippen molar-refractivity contribution in [1.29, 1.82) is 0 Å². The van der Waals surface area contributed by atoms with Gasteiger partial charge in [0.2, 0.25) is 5.91 Å². The second kappa shape index (κ2) is 5.72. The van der Waals surface area contributed by atoms with Gasteiger partial charge in [0.25, 0.3) is 0 Å². The summed E-state index contributed by atoms with van der Waals surface area (Å²) in [6.45, 7) is 2.80. The number of hydrogen-bond acceptors (Lipinski definition) is 6. The molecular formula is C13H20N6O. The van der Waals surface area contributed by atoms with Crippen LogP contribution in [-0.2, 0) is 11.3 Å². The van der Waals surface area contributed by atoms with Gasteiger partial charge >= 0.3 is 0 Å². The fourth-order valence-corrected chi connectivity index (χ4v) is 3.07. The molecule has 1 aromatic heterocycles. The maximum atomic E-state index is 11.4. The van der Waals surface area contributed by atoms with Gasteiger partial charge in [-0.1, -0.05) is 0 Å². The Morgan fingerprint density at radius 2 is 2.30 bits per heavy atom. The van der Waals surface area contributed by atoms with Crippen LogP contribution in [0.4, 0.5) is 5.82 Å². The number of fused-ring (bicyclic) bond motifs is 1. The summed E-state index contributed by atoms with van der Waals surface area (Å²) in [4.78, 5) is 22.3. The molecule has 0 radical (unpaired) electrons. The number of nitrogens with two attached hydrogens (primary N) is 1. The van der Waals surface area contributed by atoms with Gasteiger partial charge in [-0.15, -0.1) is 0 Å². The minimum Gasteiger partial charge on any atom is -0.353 e. The van der Waals surface area contributed by atoms with Crippen molar-refractivity contribution in [3.8, 4) is 0 Å². The number of piperidine rings is 2. The van der Waals surface area contributed by atoms with Gasteiger partial charge in [-0.3, -0.25) is 14.7 Å². The molecule has 2 fully saturated rings. The van der Waals surface area contributed by atoms with Crippen molar-refractivity contribution in [1.82, 2.24) is 20.2 Å². The van der Waals surface area contributed by atoms with Gasteiger partial charge in [-0.25, -0.2) is 10.8 Å². The number of amides is 1. The van der Waals surface area contributed by atoms with Gasteiger partial charge in [0.1, 0.15) is 0 Å². The quantitative estimate of drug-likeness (QED) is 0.525. The molecule has 20 heavy (non-hydrogen) atoms. The number of likely N-dealkylation sites (tertiary alicyclic amines) is 1. The van der Waals surface area contributed by atoms with E-state index in [4.69, 9.17) is 5.84 Å². The number of anilines is 1. The Kier molecular flexibility index (Phi) is 3.79. The van der Waals surface area contributed by atoms with Crippen LogP contribution in [0, 0.1) is 5.92 Å². The summed E-state index contributed by atoms with van der Waals surface area (Å²) in [5.41, 5.74) is 3.42. The van der Waals surface area contributed by atoms with Crippen molar-refractivity contribution in [2.24, 2.45) is 11.8 Å². The molecule has 0 saturated carbocycles. The third-order valence-electron chi connectivity index (χ3n) is 4.15. The number of carbonyl (C=O) groups is 1. The van der Waals surface area contributed by atoms with E-state index in [0.717, 1.165) is 38.2 Å². The minimum atomic E-state index is 0.204. The highest BCUT2D eigenvalue weighted by Gasteiger charge is 2.33. The summed E-state index contributed by atoms with van der Waals surface area (Å²) in [7, 11) is 0. The molecule has 1 amide bonds. The third kappa shape index (κ3) is 2.88. The van der Waals surface area contributed by atoms with E-state index in [2.05, 4.69) is 25.6 Å². The summed E-state index contributed by atoms with van der Waals surface area (Å²) in [5, 5.41) is 3.10. The molecule has 2 aliphatic rings. The maximum Gasteiger partial charge on any atom is 0.220 e. The Morgan fingerprint density at radius 1 is 1.40 bits per heavy atom. The molecule has 3 heterocycles. The van der Waals surface area contributed by atoms with Crippen molar-refractivity contribution >= 4 is 11.7 Å². The van der Waals surface area contributed by atoms with Gasteiger partial charge in [0.15, 0.2) is 5.82 Å². The Balaban J connectivity index is 1.57. The topological polar surface area (TPSA) is 96.2 Å². The molecule has 0 aliphatic carbocycles. The molecular weight excluding hydrogens is 256 g/mol. The zero-order valence-corrected chi connectivity index (χ0v) is 11.4. The molecule has 0 aromatic carbocycles. The number of aromatic nitrogens is 2. The van der Waals surface area contributed by atoms with Crippen LogP contribution in [0.15, 0.2) is 12.4 Å². The first kappa shape index (κ1) is 13.3. The van der Waals surface area contributed by atoms with E-state index in [-0.39, 0.29) is 5.91 Å². The summed E-state index contributed by atoms with van der Waals surface area (Å²) in [6.07, 6.45) is 6.07. The molecule has 7 heteroatoms. The highest BCUT2D eigenvalue weighted by molar-refractivity contribution is 5.77. The van der Waals surface area contributed by atoms with Crippen molar-refractivity contribution < 1.29 is 4.79 Å². The molecule has 4 N–H and O–H groups in total. The molecule has 2 unspecified atom stereocenters. The summed E-state index contributed by atoms with van der Waals surface area (Å²) in [5.74, 6) is 6.62. The Hall–Kier alpha value is -1.73. The summed E-state index contributed by atoms with van der Waals surface area (Å²) < 4.78 is 0. The van der Waals surface area contributed by atoms with Crippen molar-refractivity contribution in [2.45, 2.75) is 31.8 Å². The zero-order valence-electron chi connectivity index (χ0n) is 11.4. The second-order valence-electron chi connectivity index (χ2n) is 5.53. The predicted octanol–water partition coefficient (Wildman–Crippen LogP) is -0.137. The van der Waals surface area contributed by atoms with Crippen LogP contribution in [0.3, 0.4) is 0 Å². The fraction of sp³-hybridized carbons (Fsp3) is 0.615. The number of hydrazine groups is 1. The lowest BCUT2D eigenvalue weighted by atomic mass is 9.85. The first-order valence-corrected chi connectivity index (χ1v) is 7.04. The van der Waals surface area contributed by atoms with Gasteiger partial charge < -0.3 is 10.7 Å². The van der Waals surface area contributed by atoms with Crippen molar-refractivity contribution in [3.63, 3.8) is 0 Å². The van der Waals surface area contributed by atoms with E-state index in [1.165, 1.54) is 0 Å². The number of nitrogen functional groups attached to an aromatic ring is 1. The van der Waals surface area contributed by atoms with E-state index in [0.29, 0.717) is 24.2 Å². The van der Waals surface area contributed by atoms with Crippen LogP contribution in [0.2, 0.25) is 0 Å². The summed E-state index contributed by atoms with van der Waals surface area (Å²) >= 11 is 0. The molecule has 108 valence electrons. The van der Waals surface area contributed by atoms with Crippen molar-refractivity contribution in [2.75, 3.05) is 18.5 Å². The fourth-order valence-electron chi connectivity index (χ4n) is 3.07. The van der Waals surface area contributed by atoms with Crippen LogP contribution in [0.5, 0.6) is 0 Å². The minimum absolute atomic E-state index is 0.204. The lowest BCUT2D eigenvalue weighted by Crippen LogP contribution is -2.53. The molecule has 2 atom stereocenters. The first-order valence-electron chi connectivity index (χ1n) is 7.04. The Labute approximate surface area is 117 Å². The normalized spacial score (nSPS) is 26.8. The first-order chi connectivity index (χ1) is 9.74. The molecule has 0 spiro atoms. The van der Waals surface area contributed by atoms with Gasteiger partial charge in [-0.2, -0.15) is 0 Å². The number of rotatable bonds is 3. The second-order valence-corrected chi connectivity index (χ2v) is 5.53. The standard InChI is InChI=1S/C13H20N6O/c14-18-12-6-15-10(5-16-12)8-19-4-3-11-9(7-19)1-2-13(20)17-11/h5-6,9,11H,1-4,7-8,14H2,(H,16,18)(H,17,20). The number of hydrogen-bond donors (Lipinski definition) is 3. The molecule has 2 aliphatic heterocycles. The van der Waals surface area contributed by atoms with Crippen molar-refractivity contribution in [3.05, 3.63) is 18.1 Å². The molecule has 2 saturated heterocycles. The predicted molar refractivity (Wildman–Crippen MR) is 74.4 cm³/mol. The van der Waals surface area contributed by atoms with Gasteiger partial charge in [-0.05, 0) is 18.8 Å². The highest BCUT2D eigenvalue weighted by Crippen LogP contribution is 2.25. The van der Waals surface area contributed by atoms with E-state index < -0.39 is 0 Å². The van der Waals surface area contributed by atoms with Crippen LogP contribution < -0.4 is 16.6 Å². The number of nitrogens with zero attached hydrogens (tertiary/aromatic N) is 3. The summed E-state index contributed by atoms with van der Waals surface area (Å²) in [6, 6.07) is 0.363. The Morgan fingerprint density at radius 3 is 3.05 bits per heavy atom. The smallest absolute Gasteiger partial charge is 0.220 e. The van der Waals surface area contributed by atoms with E-state index in [1.54, 1.807) is 12.4 Å². The van der Waals surface area contributed by atoms with Gasteiger partial charge in [0.05, 0.1) is 18.1 Å². The molecule has 0 bridgehead atoms. The lowest BCUT2D eigenvalue weighted by molar-refractivity contribution is -0.125. The SMILES string of the molecule is NNc1cnc(CN2CCC3NC(=O)CCC3C2)cn1. The van der Waals surface area contributed by atoms with Crippen LogP contribution in [0.25, 0.3) is 0 Å². The number of nitrogens with one attached hydrogen (secondary N) is 2. The largest absolute Gasteiger partial charge is 0.353 e. The lowest BCUT2D eigenvalue weighted by Gasteiger charge is -2.41.